The van der Waals surface area contributed by atoms with Crippen LogP contribution in [0.2, 0.25) is 0 Å². The molecule has 1 amide bonds. The minimum absolute atomic E-state index is 0.0828. The number of carbonyl (C=O) groups is 3. The van der Waals surface area contributed by atoms with Crippen molar-refractivity contribution < 1.29 is 43.2 Å². The van der Waals surface area contributed by atoms with Gasteiger partial charge in [0.1, 0.15) is 17.5 Å². The van der Waals surface area contributed by atoms with E-state index in [1.54, 1.807) is 42.5 Å². The van der Waals surface area contributed by atoms with Crippen molar-refractivity contribution in [2.45, 2.75) is 12.5 Å². The van der Waals surface area contributed by atoms with Crippen LogP contribution in [-0.4, -0.2) is 56.7 Å². The number of rotatable bonds is 11. The van der Waals surface area contributed by atoms with Gasteiger partial charge >= 0.3 is 5.97 Å². The third-order valence-corrected chi connectivity index (χ3v) is 5.91. The second-order valence-electron chi connectivity index (χ2n) is 8.49. The molecule has 3 aromatic carbocycles. The quantitative estimate of drug-likeness (QED) is 0.356. The van der Waals surface area contributed by atoms with E-state index in [9.17, 15) is 19.5 Å². The Bertz CT molecular complexity index is 1390. The monoisotopic (exact) mass is 533 g/mol. The van der Waals surface area contributed by atoms with E-state index in [-0.39, 0.29) is 29.5 Å². The molecule has 1 aliphatic rings. The van der Waals surface area contributed by atoms with E-state index in [0.717, 1.165) is 5.56 Å². The molecule has 0 bridgehead atoms. The highest BCUT2D eigenvalue weighted by molar-refractivity contribution is 6.14. The van der Waals surface area contributed by atoms with Gasteiger partial charge in [0.15, 0.2) is 23.9 Å². The first-order chi connectivity index (χ1) is 18.8. The summed E-state index contributed by atoms with van der Waals surface area (Å²) in [6, 6.07) is 15.8. The molecule has 10 heteroatoms. The fraction of sp³-hybridized carbons (Fsp3) is 0.207. The number of fused-ring (bicyclic) bond motifs is 1. The van der Waals surface area contributed by atoms with Gasteiger partial charge in [0.25, 0.3) is 5.91 Å². The highest BCUT2D eigenvalue weighted by Crippen LogP contribution is 2.40. The third-order valence-electron chi connectivity index (χ3n) is 5.91. The number of methoxy groups -OCH3 is 3. The highest BCUT2D eigenvalue weighted by Gasteiger charge is 2.28. The van der Waals surface area contributed by atoms with Crippen LogP contribution in [0.1, 0.15) is 21.5 Å². The number of hydrogen-bond acceptors (Lipinski definition) is 8. The molecule has 0 saturated heterocycles. The van der Waals surface area contributed by atoms with Gasteiger partial charge in [-0.15, -0.1) is 0 Å². The van der Waals surface area contributed by atoms with E-state index >= 15 is 0 Å². The van der Waals surface area contributed by atoms with Crippen LogP contribution in [0.15, 0.2) is 66.4 Å². The predicted octanol–water partition coefficient (Wildman–Crippen LogP) is 3.52. The van der Waals surface area contributed by atoms with Gasteiger partial charge in [0.2, 0.25) is 11.5 Å². The summed E-state index contributed by atoms with van der Waals surface area (Å²) in [4.78, 5) is 36.9. The summed E-state index contributed by atoms with van der Waals surface area (Å²) in [5, 5.41) is 12.0. The lowest BCUT2D eigenvalue weighted by Gasteiger charge is -2.15. The molecule has 4 rings (SSSR count). The molecule has 0 fully saturated rings. The maximum atomic E-state index is 12.9. The zero-order valence-corrected chi connectivity index (χ0v) is 21.6. The van der Waals surface area contributed by atoms with Crippen LogP contribution in [0.3, 0.4) is 0 Å². The van der Waals surface area contributed by atoms with Gasteiger partial charge in [-0.2, -0.15) is 0 Å². The molecule has 1 atom stereocenters. The highest BCUT2D eigenvalue weighted by atomic mass is 16.5. The van der Waals surface area contributed by atoms with Crippen LogP contribution in [-0.2, 0) is 16.0 Å². The minimum Gasteiger partial charge on any atom is -0.493 e. The average molecular weight is 534 g/mol. The number of Topliss-reactive ketones (excluding diaryl/α,β-unsaturated/α-hetero) is 1. The number of ketones is 1. The number of aliphatic carboxylic acids is 1. The smallest absolute Gasteiger partial charge is 0.326 e. The molecular formula is C29H27NO9. The zero-order chi connectivity index (χ0) is 27.9. The Balaban J connectivity index is 1.42. The van der Waals surface area contributed by atoms with Gasteiger partial charge < -0.3 is 34.1 Å². The maximum Gasteiger partial charge on any atom is 0.326 e. The summed E-state index contributed by atoms with van der Waals surface area (Å²) in [5.41, 5.74) is 1.71. The van der Waals surface area contributed by atoms with Crippen molar-refractivity contribution >= 4 is 23.7 Å². The summed E-state index contributed by atoms with van der Waals surface area (Å²) in [6.45, 7) is -0.417. The van der Waals surface area contributed by atoms with Crippen molar-refractivity contribution in [1.29, 1.82) is 0 Å². The lowest BCUT2D eigenvalue weighted by molar-refractivity contribution is -0.142. The maximum absolute atomic E-state index is 12.9. The Morgan fingerprint density at radius 2 is 1.67 bits per heavy atom. The summed E-state index contributed by atoms with van der Waals surface area (Å²) >= 11 is 0. The van der Waals surface area contributed by atoms with Crippen LogP contribution in [0.25, 0.3) is 6.08 Å². The predicted molar refractivity (Wildman–Crippen MR) is 141 cm³/mol. The molecule has 1 heterocycles. The van der Waals surface area contributed by atoms with E-state index in [0.29, 0.717) is 28.4 Å². The summed E-state index contributed by atoms with van der Waals surface area (Å²) in [7, 11) is 4.49. The summed E-state index contributed by atoms with van der Waals surface area (Å²) in [5.74, 6) is -0.173. The molecule has 3 aromatic rings. The average Bonchev–Trinajstić information content (AvgIpc) is 3.25. The number of hydrogen-bond donors (Lipinski definition) is 2. The molecular weight excluding hydrogens is 506 g/mol. The molecule has 0 unspecified atom stereocenters. The number of carbonyl (C=O) groups excluding carboxylic acids is 2. The Hall–Kier alpha value is -4.99. The number of ether oxygens (including phenoxy) is 5. The zero-order valence-electron chi connectivity index (χ0n) is 21.6. The van der Waals surface area contributed by atoms with Crippen molar-refractivity contribution in [3.8, 4) is 28.7 Å². The van der Waals surface area contributed by atoms with E-state index in [1.165, 1.54) is 39.5 Å². The van der Waals surface area contributed by atoms with Crippen LogP contribution in [0, 0.1) is 0 Å². The standard InChI is InChI=1S/C29H27NO9/c1-35-24-13-18(14-25(36-2)28(24)37-3)12-23-27(32)20-10-9-19(15-22(20)39-23)38-16-26(31)30-21(29(33)34)11-17-7-5-4-6-8-17/h4-10,12-15,21H,11,16H2,1-3H3,(H,30,31)(H,33,34)/t21-/m1/s1. The normalized spacial score (nSPS) is 13.7. The second kappa shape index (κ2) is 12.0. The van der Waals surface area contributed by atoms with Crippen LogP contribution in [0.4, 0.5) is 0 Å². The van der Waals surface area contributed by atoms with Crippen molar-refractivity contribution in [2.24, 2.45) is 0 Å². The number of benzene rings is 3. The fourth-order valence-electron chi connectivity index (χ4n) is 4.03. The Morgan fingerprint density at radius 1 is 0.974 bits per heavy atom. The lowest BCUT2D eigenvalue weighted by atomic mass is 10.1. The number of nitrogens with one attached hydrogen (secondary N) is 1. The molecule has 0 saturated carbocycles. The topological polar surface area (TPSA) is 130 Å². The van der Waals surface area contributed by atoms with Crippen molar-refractivity contribution in [2.75, 3.05) is 27.9 Å². The van der Waals surface area contributed by atoms with Gasteiger partial charge in [-0.25, -0.2) is 4.79 Å². The molecule has 2 N–H and O–H groups in total. The van der Waals surface area contributed by atoms with Gasteiger partial charge in [-0.05, 0) is 41.5 Å². The van der Waals surface area contributed by atoms with E-state index in [1.807, 2.05) is 6.07 Å². The SMILES string of the molecule is COc1cc(C=C2Oc3cc(OCC(=O)N[C@H](Cc4ccccc4)C(=O)O)ccc3C2=O)cc(OC)c1OC. The number of carboxylic acids is 1. The van der Waals surface area contributed by atoms with Gasteiger partial charge in [0, 0.05) is 12.5 Å². The molecule has 0 aromatic heterocycles. The molecule has 0 radical (unpaired) electrons. The van der Waals surface area contributed by atoms with Gasteiger partial charge in [-0.1, -0.05) is 30.3 Å². The molecule has 39 heavy (non-hydrogen) atoms. The first kappa shape index (κ1) is 27.1. The van der Waals surface area contributed by atoms with Crippen LogP contribution >= 0.6 is 0 Å². The second-order valence-corrected chi connectivity index (χ2v) is 8.49. The molecule has 0 spiro atoms. The van der Waals surface area contributed by atoms with E-state index in [4.69, 9.17) is 23.7 Å². The van der Waals surface area contributed by atoms with Crippen molar-refractivity contribution in [3.05, 3.63) is 83.1 Å². The lowest BCUT2D eigenvalue weighted by Crippen LogP contribution is -2.44. The number of amides is 1. The van der Waals surface area contributed by atoms with Crippen LogP contribution in [0.5, 0.6) is 28.7 Å². The Labute approximate surface area is 224 Å². The van der Waals surface area contributed by atoms with Crippen molar-refractivity contribution in [3.63, 3.8) is 0 Å². The van der Waals surface area contributed by atoms with Gasteiger partial charge in [0.05, 0.1) is 26.9 Å². The molecule has 1 aliphatic heterocycles. The summed E-state index contributed by atoms with van der Waals surface area (Å²) in [6.07, 6.45) is 1.69. The number of carboxylic acid groups (broad SMARTS) is 1. The first-order valence-electron chi connectivity index (χ1n) is 11.9. The number of allylic oxidation sites excluding steroid dienone is 1. The van der Waals surface area contributed by atoms with E-state index in [2.05, 4.69) is 5.32 Å². The Kier molecular flexibility index (Phi) is 8.35. The fourth-order valence-corrected chi connectivity index (χ4v) is 4.03. The van der Waals surface area contributed by atoms with Crippen LogP contribution < -0.4 is 29.0 Å². The largest absolute Gasteiger partial charge is 0.493 e. The van der Waals surface area contributed by atoms with E-state index < -0.39 is 24.5 Å². The third kappa shape index (κ3) is 6.30. The minimum atomic E-state index is -1.15. The molecule has 202 valence electrons. The molecule has 0 aliphatic carbocycles. The Morgan fingerprint density at radius 3 is 2.28 bits per heavy atom. The summed E-state index contributed by atoms with van der Waals surface area (Å²) < 4.78 is 27.4. The first-order valence-corrected chi connectivity index (χ1v) is 11.9. The van der Waals surface area contributed by atoms with Gasteiger partial charge in [-0.3, -0.25) is 9.59 Å². The molecule has 10 nitrogen and oxygen atoms in total. The van der Waals surface area contributed by atoms with Crippen molar-refractivity contribution in [1.82, 2.24) is 5.32 Å².